The van der Waals surface area contributed by atoms with Crippen molar-refractivity contribution in [3.63, 3.8) is 0 Å². The van der Waals surface area contributed by atoms with Gasteiger partial charge < -0.3 is 4.74 Å². The molecule has 1 aliphatic carbocycles. The molecule has 1 saturated carbocycles. The van der Waals surface area contributed by atoms with Crippen molar-refractivity contribution >= 4 is 39.0 Å². The zero-order valence-corrected chi connectivity index (χ0v) is 13.4. The highest BCUT2D eigenvalue weighted by Gasteiger charge is 2.49. The van der Waals surface area contributed by atoms with E-state index in [4.69, 9.17) is 4.74 Å². The molecule has 0 N–H and O–H groups in total. The van der Waals surface area contributed by atoms with E-state index in [1.54, 1.807) is 10.8 Å². The number of carbonyl (C=O) groups is 1. The first-order valence-electron chi connectivity index (χ1n) is 6.98. The Hall–Kier alpha value is -1.69. The quantitative estimate of drug-likeness (QED) is 0.627. The van der Waals surface area contributed by atoms with Gasteiger partial charge in [-0.1, -0.05) is 6.58 Å². The van der Waals surface area contributed by atoms with Gasteiger partial charge in [0.1, 0.15) is 4.60 Å². The van der Waals surface area contributed by atoms with Crippen LogP contribution in [-0.4, -0.2) is 27.3 Å². The van der Waals surface area contributed by atoms with Crippen molar-refractivity contribution in [3.8, 4) is 0 Å². The van der Waals surface area contributed by atoms with Crippen molar-refractivity contribution in [2.24, 2.45) is 0 Å². The Bertz CT molecular complexity index is 719. The zero-order chi connectivity index (χ0) is 15.0. The lowest BCUT2D eigenvalue weighted by molar-refractivity contribution is -0.159. The summed E-state index contributed by atoms with van der Waals surface area (Å²) in [7, 11) is 0. The van der Waals surface area contributed by atoms with Gasteiger partial charge in [0.2, 0.25) is 0 Å². The topological polar surface area (TPSA) is 57.0 Å². The Kier molecular flexibility index (Phi) is 3.57. The highest BCUT2D eigenvalue weighted by molar-refractivity contribution is 9.10. The van der Waals surface area contributed by atoms with Crippen LogP contribution in [0.3, 0.4) is 0 Å². The average molecular weight is 350 g/mol. The summed E-state index contributed by atoms with van der Waals surface area (Å²) in [4.78, 5) is 16.9. The molecule has 0 aromatic carbocycles. The molecule has 0 bridgehead atoms. The number of pyridine rings is 1. The van der Waals surface area contributed by atoms with Gasteiger partial charge >= 0.3 is 5.97 Å². The van der Waals surface area contributed by atoms with Crippen LogP contribution in [0.1, 0.15) is 31.9 Å². The molecule has 6 heteroatoms. The molecular formula is C15H16BrN3O2. The summed E-state index contributed by atoms with van der Waals surface area (Å²) in [5.41, 5.74) is 0.705. The molecule has 5 nitrogen and oxygen atoms in total. The first-order chi connectivity index (χ1) is 10.1. The second-order valence-electron chi connectivity index (χ2n) is 5.11. The minimum absolute atomic E-state index is 0.224. The molecule has 21 heavy (non-hydrogen) atoms. The van der Waals surface area contributed by atoms with Gasteiger partial charge in [0.05, 0.1) is 12.3 Å². The van der Waals surface area contributed by atoms with E-state index in [9.17, 15) is 4.79 Å². The maximum atomic E-state index is 12.4. The van der Waals surface area contributed by atoms with E-state index in [1.807, 2.05) is 19.1 Å². The number of rotatable bonds is 4. The van der Waals surface area contributed by atoms with Gasteiger partial charge in [0, 0.05) is 5.39 Å². The fourth-order valence-corrected chi connectivity index (χ4v) is 3.02. The summed E-state index contributed by atoms with van der Waals surface area (Å²) in [6, 6.07) is 3.80. The van der Waals surface area contributed by atoms with E-state index in [-0.39, 0.29) is 5.97 Å². The number of nitrogens with zero attached hydrogens (tertiary/aromatic N) is 3. The molecule has 0 aliphatic heterocycles. The molecule has 2 aromatic rings. The number of halogens is 1. The van der Waals surface area contributed by atoms with E-state index < -0.39 is 5.54 Å². The summed E-state index contributed by atoms with van der Waals surface area (Å²) in [5, 5.41) is 5.45. The summed E-state index contributed by atoms with van der Waals surface area (Å²) in [6.45, 7) is 5.97. The predicted molar refractivity (Wildman–Crippen MR) is 83.8 cm³/mol. The van der Waals surface area contributed by atoms with E-state index in [1.165, 1.54) is 0 Å². The molecule has 0 unspecified atom stereocenters. The van der Waals surface area contributed by atoms with Gasteiger partial charge in [-0.05, 0) is 60.3 Å². The molecule has 0 radical (unpaired) electrons. The van der Waals surface area contributed by atoms with Crippen LogP contribution in [-0.2, 0) is 15.1 Å². The van der Waals surface area contributed by atoms with Crippen molar-refractivity contribution in [1.82, 2.24) is 14.8 Å². The number of carbonyl (C=O) groups excluding carboxylic acids is 1. The number of ether oxygens (including phenoxy) is 1. The van der Waals surface area contributed by atoms with Crippen LogP contribution < -0.4 is 0 Å². The molecule has 110 valence electrons. The Balaban J connectivity index is 2.21. The number of fused-ring (bicyclic) bond motifs is 1. The molecule has 0 spiro atoms. The third-order valence-electron chi connectivity index (χ3n) is 3.96. The molecule has 2 aromatic heterocycles. The number of aromatic nitrogens is 3. The fourth-order valence-electron chi connectivity index (χ4n) is 2.72. The maximum absolute atomic E-state index is 12.4. The molecule has 3 rings (SSSR count). The largest absolute Gasteiger partial charge is 0.464 e. The maximum Gasteiger partial charge on any atom is 0.334 e. The van der Waals surface area contributed by atoms with Gasteiger partial charge in [-0.3, -0.25) is 0 Å². The first-order valence-corrected chi connectivity index (χ1v) is 7.77. The van der Waals surface area contributed by atoms with Gasteiger partial charge in [0.15, 0.2) is 11.2 Å². The molecule has 1 fully saturated rings. The van der Waals surface area contributed by atoms with Crippen molar-refractivity contribution in [2.75, 3.05) is 6.61 Å². The number of esters is 1. The standard InChI is InChI=1S/C15H16BrN3O2/c1-3-11-10-6-7-12(16)17-13(10)19(18-11)15(8-5-9-15)14(20)21-4-2/h3,6-7H,1,4-5,8-9H2,2H3. The van der Waals surface area contributed by atoms with Crippen LogP contribution in [0.4, 0.5) is 0 Å². The van der Waals surface area contributed by atoms with Crippen molar-refractivity contribution in [2.45, 2.75) is 31.7 Å². The minimum Gasteiger partial charge on any atom is -0.464 e. The van der Waals surface area contributed by atoms with E-state index >= 15 is 0 Å². The van der Waals surface area contributed by atoms with Crippen LogP contribution in [0, 0.1) is 0 Å². The molecule has 2 heterocycles. The highest BCUT2D eigenvalue weighted by atomic mass is 79.9. The normalized spacial score (nSPS) is 16.5. The number of hydrogen-bond donors (Lipinski definition) is 0. The van der Waals surface area contributed by atoms with Gasteiger partial charge in [0.25, 0.3) is 0 Å². The molecule has 0 saturated heterocycles. The summed E-state index contributed by atoms with van der Waals surface area (Å²) in [5.74, 6) is -0.224. The van der Waals surface area contributed by atoms with E-state index in [0.717, 1.165) is 30.3 Å². The Labute approximate surface area is 131 Å². The van der Waals surface area contributed by atoms with Crippen LogP contribution in [0.15, 0.2) is 23.3 Å². The number of hydrogen-bond acceptors (Lipinski definition) is 4. The van der Waals surface area contributed by atoms with E-state index in [0.29, 0.717) is 16.9 Å². The SMILES string of the molecule is C=Cc1nn(C2(C(=O)OCC)CCC2)c2nc(Br)ccc12. The fraction of sp³-hybridized carbons (Fsp3) is 0.400. The molecule has 0 atom stereocenters. The van der Waals surface area contributed by atoms with Gasteiger partial charge in [-0.15, -0.1) is 0 Å². The molecule has 0 amide bonds. The summed E-state index contributed by atoms with van der Waals surface area (Å²) < 4.78 is 7.70. The zero-order valence-electron chi connectivity index (χ0n) is 11.8. The van der Waals surface area contributed by atoms with Crippen LogP contribution in [0.5, 0.6) is 0 Å². The van der Waals surface area contributed by atoms with Crippen molar-refractivity contribution < 1.29 is 9.53 Å². The Morgan fingerprint density at radius 3 is 2.90 bits per heavy atom. The van der Waals surface area contributed by atoms with Gasteiger partial charge in [-0.2, -0.15) is 5.10 Å². The lowest BCUT2D eigenvalue weighted by Crippen LogP contribution is -2.49. The summed E-state index contributed by atoms with van der Waals surface area (Å²) >= 11 is 3.38. The van der Waals surface area contributed by atoms with Crippen molar-refractivity contribution in [1.29, 1.82) is 0 Å². The first kappa shape index (κ1) is 14.3. The third-order valence-corrected chi connectivity index (χ3v) is 4.40. The molecular weight excluding hydrogens is 334 g/mol. The summed E-state index contributed by atoms with van der Waals surface area (Å²) in [6.07, 6.45) is 4.13. The Morgan fingerprint density at radius 2 is 2.33 bits per heavy atom. The van der Waals surface area contributed by atoms with Crippen LogP contribution in [0.25, 0.3) is 17.1 Å². The third kappa shape index (κ3) is 2.09. The lowest BCUT2D eigenvalue weighted by atomic mass is 9.77. The smallest absolute Gasteiger partial charge is 0.334 e. The Morgan fingerprint density at radius 1 is 1.57 bits per heavy atom. The van der Waals surface area contributed by atoms with E-state index in [2.05, 4.69) is 32.6 Å². The highest BCUT2D eigenvalue weighted by Crippen LogP contribution is 2.42. The molecule has 1 aliphatic rings. The second kappa shape index (κ2) is 5.26. The second-order valence-corrected chi connectivity index (χ2v) is 5.92. The minimum atomic E-state index is -0.719. The van der Waals surface area contributed by atoms with Gasteiger partial charge in [-0.25, -0.2) is 14.5 Å². The lowest BCUT2D eigenvalue weighted by Gasteiger charge is -2.39. The predicted octanol–water partition coefficient (Wildman–Crippen LogP) is 3.28. The average Bonchev–Trinajstić information content (AvgIpc) is 2.76. The van der Waals surface area contributed by atoms with Crippen molar-refractivity contribution in [3.05, 3.63) is 29.0 Å². The monoisotopic (exact) mass is 349 g/mol. The van der Waals surface area contributed by atoms with Crippen LogP contribution >= 0.6 is 15.9 Å². The van der Waals surface area contributed by atoms with Crippen LogP contribution in [0.2, 0.25) is 0 Å².